The van der Waals surface area contributed by atoms with Gasteiger partial charge in [0.05, 0.1) is 16.8 Å². The van der Waals surface area contributed by atoms with Crippen LogP contribution >= 0.6 is 22.9 Å². The Hall–Kier alpha value is -1.95. The smallest absolute Gasteiger partial charge is 0.279 e. The summed E-state index contributed by atoms with van der Waals surface area (Å²) in [5.41, 5.74) is 1.80. The third-order valence-corrected chi connectivity index (χ3v) is 6.22. The first-order valence-corrected chi connectivity index (χ1v) is 10.1. The van der Waals surface area contributed by atoms with E-state index in [1.165, 1.54) is 16.0 Å². The van der Waals surface area contributed by atoms with Gasteiger partial charge in [-0.3, -0.25) is 4.79 Å². The highest BCUT2D eigenvalue weighted by Crippen LogP contribution is 2.28. The Labute approximate surface area is 161 Å². The number of amides is 1. The number of hydrogen-bond acceptors (Lipinski definition) is 3. The molecule has 0 radical (unpaired) electrons. The van der Waals surface area contributed by atoms with E-state index in [-0.39, 0.29) is 5.91 Å². The van der Waals surface area contributed by atoms with Crippen LogP contribution in [0.5, 0.6) is 0 Å². The second-order valence-corrected chi connectivity index (χ2v) is 8.21. The highest BCUT2D eigenvalue weighted by molar-refractivity contribution is 7.18. The SMILES string of the molecule is O=C(C[NH+]1CCCC[C@H]1c1nc2ccccc2s1)Nc1cccc(Cl)c1. The van der Waals surface area contributed by atoms with Crippen LogP contribution in [0.25, 0.3) is 10.2 Å². The first-order valence-electron chi connectivity index (χ1n) is 8.94. The minimum absolute atomic E-state index is 0.0234. The average molecular weight is 387 g/mol. The van der Waals surface area contributed by atoms with Gasteiger partial charge in [0, 0.05) is 17.1 Å². The monoisotopic (exact) mass is 386 g/mol. The van der Waals surface area contributed by atoms with Crippen LogP contribution in [0.3, 0.4) is 0 Å². The highest BCUT2D eigenvalue weighted by atomic mass is 35.5. The maximum atomic E-state index is 12.5. The number of hydrogen-bond donors (Lipinski definition) is 2. The topological polar surface area (TPSA) is 46.4 Å². The second kappa shape index (κ2) is 7.74. The van der Waals surface area contributed by atoms with E-state index in [1.807, 2.05) is 24.3 Å². The van der Waals surface area contributed by atoms with Crippen molar-refractivity contribution in [2.75, 3.05) is 18.4 Å². The Morgan fingerprint density at radius 1 is 1.23 bits per heavy atom. The van der Waals surface area contributed by atoms with Crippen LogP contribution in [0.4, 0.5) is 5.69 Å². The van der Waals surface area contributed by atoms with Gasteiger partial charge in [-0.15, -0.1) is 11.3 Å². The molecule has 1 aliphatic heterocycles. The number of nitrogens with zero attached hydrogens (tertiary/aromatic N) is 1. The largest absolute Gasteiger partial charge is 0.321 e. The number of halogens is 1. The fraction of sp³-hybridized carbons (Fsp3) is 0.300. The van der Waals surface area contributed by atoms with Crippen LogP contribution in [0.1, 0.15) is 30.3 Å². The Bertz CT molecular complexity index is 893. The summed E-state index contributed by atoms with van der Waals surface area (Å²) >= 11 is 7.76. The lowest BCUT2D eigenvalue weighted by atomic mass is 10.0. The third-order valence-electron chi connectivity index (χ3n) is 4.84. The van der Waals surface area contributed by atoms with E-state index >= 15 is 0 Å². The summed E-state index contributed by atoms with van der Waals surface area (Å²) in [5.74, 6) is 0.0234. The second-order valence-electron chi connectivity index (χ2n) is 6.71. The van der Waals surface area contributed by atoms with E-state index in [2.05, 4.69) is 17.4 Å². The van der Waals surface area contributed by atoms with Crippen LogP contribution in [0, 0.1) is 0 Å². The number of quaternary nitrogens is 1. The zero-order valence-electron chi connectivity index (χ0n) is 14.4. The molecule has 26 heavy (non-hydrogen) atoms. The molecular weight excluding hydrogens is 366 g/mol. The number of benzene rings is 2. The van der Waals surface area contributed by atoms with Crippen molar-refractivity contribution in [2.24, 2.45) is 0 Å². The molecule has 1 aromatic heterocycles. The molecule has 1 saturated heterocycles. The Balaban J connectivity index is 1.49. The summed E-state index contributed by atoms with van der Waals surface area (Å²) in [7, 11) is 0. The zero-order chi connectivity index (χ0) is 17.9. The number of nitrogens with one attached hydrogen (secondary N) is 2. The minimum atomic E-state index is 0.0234. The van der Waals surface area contributed by atoms with Gasteiger partial charge in [0.2, 0.25) is 0 Å². The van der Waals surface area contributed by atoms with Crippen LogP contribution in [-0.4, -0.2) is 24.0 Å². The molecule has 0 aliphatic carbocycles. The molecule has 1 aliphatic rings. The van der Waals surface area contributed by atoms with E-state index in [9.17, 15) is 4.79 Å². The first-order chi connectivity index (χ1) is 12.7. The standard InChI is InChI=1S/C20H20ClN3OS/c21-14-6-5-7-15(12-14)22-19(25)13-24-11-4-3-9-17(24)20-23-16-8-1-2-10-18(16)26-20/h1-2,5-8,10,12,17H,3-4,9,11,13H2,(H,22,25)/p+1/t17-/m0/s1. The number of carbonyl (C=O) groups is 1. The molecule has 2 N–H and O–H groups in total. The predicted octanol–water partition coefficient (Wildman–Crippen LogP) is 3.70. The van der Waals surface area contributed by atoms with E-state index in [0.717, 1.165) is 35.6 Å². The summed E-state index contributed by atoms with van der Waals surface area (Å²) in [4.78, 5) is 18.7. The number of rotatable bonds is 4. The molecule has 0 spiro atoms. The Morgan fingerprint density at radius 2 is 2.12 bits per heavy atom. The highest BCUT2D eigenvalue weighted by Gasteiger charge is 2.31. The fourth-order valence-electron chi connectivity index (χ4n) is 3.61. The fourth-order valence-corrected chi connectivity index (χ4v) is 4.96. The van der Waals surface area contributed by atoms with Crippen molar-refractivity contribution in [2.45, 2.75) is 25.3 Å². The van der Waals surface area contributed by atoms with Gasteiger partial charge >= 0.3 is 0 Å². The Kier molecular flexibility index (Phi) is 5.20. The van der Waals surface area contributed by atoms with Gasteiger partial charge in [-0.25, -0.2) is 4.98 Å². The van der Waals surface area contributed by atoms with E-state index < -0.39 is 0 Å². The van der Waals surface area contributed by atoms with Gasteiger partial charge in [-0.2, -0.15) is 0 Å². The van der Waals surface area contributed by atoms with Crippen molar-refractivity contribution in [3.05, 3.63) is 58.6 Å². The maximum absolute atomic E-state index is 12.5. The molecule has 4 nitrogen and oxygen atoms in total. The molecule has 4 rings (SSSR count). The molecular formula is C20H21ClN3OS+. The third kappa shape index (κ3) is 3.90. The van der Waals surface area contributed by atoms with Crippen LogP contribution in [0.2, 0.25) is 5.02 Å². The number of aromatic nitrogens is 1. The zero-order valence-corrected chi connectivity index (χ0v) is 15.9. The number of likely N-dealkylation sites (tertiary alicyclic amines) is 1. The summed E-state index contributed by atoms with van der Waals surface area (Å²) in [5, 5.41) is 4.74. The molecule has 6 heteroatoms. The summed E-state index contributed by atoms with van der Waals surface area (Å²) in [6, 6.07) is 15.8. The Morgan fingerprint density at radius 3 is 2.96 bits per heavy atom. The lowest BCUT2D eigenvalue weighted by Gasteiger charge is -2.30. The lowest BCUT2D eigenvalue weighted by molar-refractivity contribution is -0.929. The van der Waals surface area contributed by atoms with Crippen molar-refractivity contribution >= 4 is 44.7 Å². The molecule has 2 atom stereocenters. The molecule has 1 fully saturated rings. The number of fused-ring (bicyclic) bond motifs is 1. The van der Waals surface area contributed by atoms with Gasteiger partial charge < -0.3 is 10.2 Å². The van der Waals surface area contributed by atoms with Gasteiger partial charge in [0.15, 0.2) is 11.6 Å². The number of carbonyl (C=O) groups excluding carboxylic acids is 1. The van der Waals surface area contributed by atoms with Gasteiger partial charge in [0.1, 0.15) is 6.04 Å². The molecule has 3 aromatic rings. The average Bonchev–Trinajstić information content (AvgIpc) is 3.06. The molecule has 134 valence electrons. The van der Waals surface area contributed by atoms with E-state index in [0.29, 0.717) is 17.6 Å². The van der Waals surface area contributed by atoms with Gasteiger partial charge in [-0.1, -0.05) is 29.8 Å². The van der Waals surface area contributed by atoms with Crippen molar-refractivity contribution in [1.29, 1.82) is 0 Å². The first kappa shape index (κ1) is 17.5. The quantitative estimate of drug-likeness (QED) is 0.718. The predicted molar refractivity (Wildman–Crippen MR) is 107 cm³/mol. The van der Waals surface area contributed by atoms with Crippen molar-refractivity contribution in [3.8, 4) is 0 Å². The van der Waals surface area contributed by atoms with Gasteiger partial charge in [-0.05, 0) is 43.2 Å². The van der Waals surface area contributed by atoms with E-state index in [1.54, 1.807) is 23.5 Å². The summed E-state index contributed by atoms with van der Waals surface area (Å²) in [6.45, 7) is 1.46. The molecule has 2 aromatic carbocycles. The molecule has 1 amide bonds. The number of piperidine rings is 1. The van der Waals surface area contributed by atoms with Crippen molar-refractivity contribution < 1.29 is 9.69 Å². The van der Waals surface area contributed by atoms with Gasteiger partial charge in [0.25, 0.3) is 5.91 Å². The van der Waals surface area contributed by atoms with Crippen LogP contribution in [-0.2, 0) is 4.79 Å². The van der Waals surface area contributed by atoms with Crippen molar-refractivity contribution in [1.82, 2.24) is 4.98 Å². The van der Waals surface area contributed by atoms with Crippen molar-refractivity contribution in [3.63, 3.8) is 0 Å². The number of anilines is 1. The maximum Gasteiger partial charge on any atom is 0.279 e. The lowest BCUT2D eigenvalue weighted by Crippen LogP contribution is -3.14. The minimum Gasteiger partial charge on any atom is -0.321 e. The molecule has 0 bridgehead atoms. The number of para-hydroxylation sites is 1. The van der Waals surface area contributed by atoms with Crippen LogP contribution in [0.15, 0.2) is 48.5 Å². The normalized spacial score (nSPS) is 20.2. The van der Waals surface area contributed by atoms with E-state index in [4.69, 9.17) is 16.6 Å². The molecule has 0 saturated carbocycles. The molecule has 1 unspecified atom stereocenters. The number of thiazole rings is 1. The van der Waals surface area contributed by atoms with Crippen LogP contribution < -0.4 is 10.2 Å². The summed E-state index contributed by atoms with van der Waals surface area (Å²) in [6.07, 6.45) is 3.43. The molecule has 2 heterocycles. The summed E-state index contributed by atoms with van der Waals surface area (Å²) < 4.78 is 1.22.